The van der Waals surface area contributed by atoms with E-state index < -0.39 is 0 Å². The van der Waals surface area contributed by atoms with Crippen LogP contribution in [0.5, 0.6) is 5.75 Å². The number of para-hydroxylation sites is 1. The number of nitrogens with zero attached hydrogens (tertiary/aromatic N) is 3. The van der Waals surface area contributed by atoms with Crippen molar-refractivity contribution < 1.29 is 14.3 Å². The van der Waals surface area contributed by atoms with Crippen LogP contribution in [0.3, 0.4) is 0 Å². The number of carbonyl (C=O) groups is 1. The van der Waals surface area contributed by atoms with E-state index in [1.165, 1.54) is 0 Å². The van der Waals surface area contributed by atoms with Crippen molar-refractivity contribution in [2.75, 3.05) is 31.2 Å². The number of nitrogens with one attached hydrogen (secondary N) is 1. The predicted molar refractivity (Wildman–Crippen MR) is 148 cm³/mol. The Bertz CT molecular complexity index is 1390. The molecule has 0 unspecified atom stereocenters. The van der Waals surface area contributed by atoms with Crippen molar-refractivity contribution in [1.82, 2.24) is 10.4 Å². The fraction of sp³-hybridized carbons (Fsp3) is 0.179. The van der Waals surface area contributed by atoms with Crippen molar-refractivity contribution >= 4 is 40.2 Å². The molecule has 0 saturated carbocycles. The molecule has 1 amide bonds. The number of amides is 1. The molecule has 1 fully saturated rings. The van der Waals surface area contributed by atoms with Gasteiger partial charge in [0, 0.05) is 29.2 Å². The van der Waals surface area contributed by atoms with Crippen molar-refractivity contribution in [2.45, 2.75) is 6.61 Å². The SMILES string of the molecule is O=C(N/N=C\c1sc(N2CCOCC2)nc1-c1ccccc1)c1ccccc1OCc1ccccc1Cl. The number of ether oxygens (including phenoxy) is 2. The minimum Gasteiger partial charge on any atom is -0.488 e. The summed E-state index contributed by atoms with van der Waals surface area (Å²) in [5.74, 6) is 0.0812. The molecule has 5 rings (SSSR count). The highest BCUT2D eigenvalue weighted by molar-refractivity contribution is 7.17. The molecule has 9 heteroatoms. The molecule has 1 saturated heterocycles. The molecule has 1 N–H and O–H groups in total. The molecular weight excluding hydrogens is 508 g/mol. The number of hydrogen-bond donors (Lipinski definition) is 1. The lowest BCUT2D eigenvalue weighted by molar-refractivity contribution is 0.0950. The number of thiazole rings is 1. The number of hydrogen-bond acceptors (Lipinski definition) is 7. The Morgan fingerprint density at radius 3 is 2.59 bits per heavy atom. The van der Waals surface area contributed by atoms with Gasteiger partial charge in [-0.3, -0.25) is 4.79 Å². The molecule has 1 aromatic heterocycles. The minimum atomic E-state index is -0.370. The number of hydrazone groups is 1. The van der Waals surface area contributed by atoms with Gasteiger partial charge >= 0.3 is 0 Å². The molecule has 37 heavy (non-hydrogen) atoms. The summed E-state index contributed by atoms with van der Waals surface area (Å²) in [4.78, 5) is 20.9. The Hall–Kier alpha value is -3.72. The maximum atomic E-state index is 13.0. The fourth-order valence-electron chi connectivity index (χ4n) is 3.86. The van der Waals surface area contributed by atoms with Crippen molar-refractivity contribution in [1.29, 1.82) is 0 Å². The van der Waals surface area contributed by atoms with Gasteiger partial charge in [0.2, 0.25) is 0 Å². The van der Waals surface area contributed by atoms with Gasteiger partial charge in [0.05, 0.1) is 35.6 Å². The second-order valence-corrected chi connectivity index (χ2v) is 9.67. The van der Waals surface area contributed by atoms with E-state index in [-0.39, 0.29) is 12.5 Å². The van der Waals surface area contributed by atoms with Crippen LogP contribution < -0.4 is 15.1 Å². The Kier molecular flexibility index (Phi) is 8.10. The number of aromatic nitrogens is 1. The normalized spacial score (nSPS) is 13.6. The second-order valence-electron chi connectivity index (χ2n) is 8.25. The maximum absolute atomic E-state index is 13.0. The van der Waals surface area contributed by atoms with Crippen LogP contribution in [0.4, 0.5) is 5.13 Å². The van der Waals surface area contributed by atoms with Crippen LogP contribution in [0.15, 0.2) is 84.0 Å². The smallest absolute Gasteiger partial charge is 0.275 e. The average molecular weight is 533 g/mol. The van der Waals surface area contributed by atoms with Gasteiger partial charge in [0.25, 0.3) is 5.91 Å². The van der Waals surface area contributed by atoms with Crippen LogP contribution in [-0.2, 0) is 11.3 Å². The molecule has 0 aliphatic carbocycles. The van der Waals surface area contributed by atoms with E-state index in [4.69, 9.17) is 26.1 Å². The quantitative estimate of drug-likeness (QED) is 0.235. The number of carbonyl (C=O) groups excluding carboxylic acids is 1. The molecule has 1 aliphatic rings. The van der Waals surface area contributed by atoms with Crippen LogP contribution >= 0.6 is 22.9 Å². The zero-order chi connectivity index (χ0) is 25.5. The molecule has 3 aromatic carbocycles. The topological polar surface area (TPSA) is 76.1 Å². The molecule has 4 aromatic rings. The molecule has 0 spiro atoms. The van der Waals surface area contributed by atoms with E-state index in [2.05, 4.69) is 15.4 Å². The van der Waals surface area contributed by atoms with E-state index in [1.807, 2.05) is 54.6 Å². The minimum absolute atomic E-state index is 0.249. The van der Waals surface area contributed by atoms with Gasteiger partial charge < -0.3 is 14.4 Å². The van der Waals surface area contributed by atoms with Crippen LogP contribution in [0.1, 0.15) is 20.8 Å². The lowest BCUT2D eigenvalue weighted by Gasteiger charge is -2.26. The third-order valence-corrected chi connectivity index (χ3v) is 7.21. The number of morpholine rings is 1. The first kappa shape index (κ1) is 25.0. The molecule has 188 valence electrons. The van der Waals surface area contributed by atoms with E-state index in [0.717, 1.165) is 39.9 Å². The van der Waals surface area contributed by atoms with Crippen LogP contribution in [0.25, 0.3) is 11.3 Å². The van der Waals surface area contributed by atoms with Crippen molar-refractivity contribution in [3.63, 3.8) is 0 Å². The van der Waals surface area contributed by atoms with E-state index in [9.17, 15) is 4.79 Å². The van der Waals surface area contributed by atoms with Crippen molar-refractivity contribution in [2.24, 2.45) is 5.10 Å². The monoisotopic (exact) mass is 532 g/mol. The molecule has 0 atom stereocenters. The van der Waals surface area contributed by atoms with E-state index >= 15 is 0 Å². The highest BCUT2D eigenvalue weighted by atomic mass is 35.5. The van der Waals surface area contributed by atoms with E-state index in [0.29, 0.717) is 29.5 Å². The lowest BCUT2D eigenvalue weighted by Crippen LogP contribution is -2.36. The van der Waals surface area contributed by atoms with Gasteiger partial charge in [-0.05, 0) is 18.2 Å². The van der Waals surface area contributed by atoms with Crippen molar-refractivity contribution in [3.8, 4) is 17.0 Å². The molecular formula is C28H25ClN4O3S. The third-order valence-electron chi connectivity index (χ3n) is 5.79. The van der Waals surface area contributed by atoms with Crippen LogP contribution in [-0.4, -0.2) is 43.4 Å². The Morgan fingerprint density at radius 1 is 1.05 bits per heavy atom. The largest absolute Gasteiger partial charge is 0.488 e. The Morgan fingerprint density at radius 2 is 1.78 bits per heavy atom. The number of benzene rings is 3. The van der Waals surface area contributed by atoms with E-state index in [1.54, 1.807) is 41.8 Å². The summed E-state index contributed by atoms with van der Waals surface area (Å²) in [6.45, 7) is 3.19. The Balaban J connectivity index is 1.32. The predicted octanol–water partition coefficient (Wildman–Crippen LogP) is 5.64. The molecule has 0 radical (unpaired) electrons. The summed E-state index contributed by atoms with van der Waals surface area (Å²) in [5.41, 5.74) is 5.67. The molecule has 2 heterocycles. The summed E-state index contributed by atoms with van der Waals surface area (Å²) in [6.07, 6.45) is 1.65. The summed E-state index contributed by atoms with van der Waals surface area (Å²) >= 11 is 7.78. The fourth-order valence-corrected chi connectivity index (χ4v) is 5.06. The maximum Gasteiger partial charge on any atom is 0.275 e. The molecule has 1 aliphatic heterocycles. The zero-order valence-electron chi connectivity index (χ0n) is 20.0. The first-order valence-electron chi connectivity index (χ1n) is 11.9. The zero-order valence-corrected chi connectivity index (χ0v) is 21.5. The third kappa shape index (κ3) is 6.17. The summed E-state index contributed by atoms with van der Waals surface area (Å²) in [6, 6.07) is 24.5. The summed E-state index contributed by atoms with van der Waals surface area (Å²) in [7, 11) is 0. The Labute approximate surface area is 224 Å². The van der Waals surface area contributed by atoms with Gasteiger partial charge in [-0.2, -0.15) is 5.10 Å². The number of halogens is 1. The van der Waals surface area contributed by atoms with Gasteiger partial charge in [-0.15, -0.1) is 0 Å². The van der Waals surface area contributed by atoms with Gasteiger partial charge in [0.15, 0.2) is 5.13 Å². The number of rotatable bonds is 8. The van der Waals surface area contributed by atoms with Gasteiger partial charge in [-0.25, -0.2) is 10.4 Å². The standard InChI is InChI=1S/C28H25ClN4O3S/c29-23-12-6-4-10-21(23)19-36-24-13-7-5-11-22(24)27(34)32-30-18-25-26(20-8-2-1-3-9-20)31-28(37-25)33-14-16-35-17-15-33/h1-13,18H,14-17,19H2,(H,32,34)/b30-18-. The van der Waals surface area contributed by atoms with Crippen LogP contribution in [0.2, 0.25) is 5.02 Å². The highest BCUT2D eigenvalue weighted by Crippen LogP contribution is 2.32. The average Bonchev–Trinajstić information content (AvgIpc) is 3.38. The summed E-state index contributed by atoms with van der Waals surface area (Å²) in [5, 5.41) is 5.79. The summed E-state index contributed by atoms with van der Waals surface area (Å²) < 4.78 is 11.4. The van der Waals surface area contributed by atoms with Gasteiger partial charge in [-0.1, -0.05) is 83.6 Å². The second kappa shape index (κ2) is 12.0. The molecule has 7 nitrogen and oxygen atoms in total. The first-order valence-corrected chi connectivity index (χ1v) is 13.1. The van der Waals surface area contributed by atoms with Crippen molar-refractivity contribution in [3.05, 3.63) is 99.9 Å². The van der Waals surface area contributed by atoms with Gasteiger partial charge in [0.1, 0.15) is 12.4 Å². The highest BCUT2D eigenvalue weighted by Gasteiger charge is 2.19. The lowest BCUT2D eigenvalue weighted by atomic mass is 10.1. The number of anilines is 1. The first-order chi connectivity index (χ1) is 18.2. The molecule has 0 bridgehead atoms. The van der Waals surface area contributed by atoms with Crippen LogP contribution in [0, 0.1) is 0 Å².